The first-order chi connectivity index (χ1) is 9.86. The molecule has 2 atom stereocenters. The molecule has 21 heavy (non-hydrogen) atoms. The van der Waals surface area contributed by atoms with E-state index in [2.05, 4.69) is 36.2 Å². The van der Waals surface area contributed by atoms with Crippen molar-refractivity contribution in [3.8, 4) is 0 Å². The number of hydrogen-bond donors (Lipinski definition) is 2. The van der Waals surface area contributed by atoms with Crippen molar-refractivity contribution in [2.75, 3.05) is 25.5 Å². The number of likely N-dealkylation sites (N-methyl/N-ethyl adjacent to an activating group) is 1. The van der Waals surface area contributed by atoms with Gasteiger partial charge in [-0.25, -0.2) is 4.79 Å². The lowest BCUT2D eigenvalue weighted by atomic mass is 10.1. The molecule has 1 aromatic rings. The molecule has 2 N–H and O–H groups in total. The number of urea groups is 1. The molecule has 1 fully saturated rings. The fourth-order valence-corrected chi connectivity index (χ4v) is 2.43. The van der Waals surface area contributed by atoms with Crippen molar-refractivity contribution in [2.24, 2.45) is 0 Å². The fourth-order valence-electron chi connectivity index (χ4n) is 2.43. The van der Waals surface area contributed by atoms with Gasteiger partial charge in [0.1, 0.15) is 6.54 Å². The van der Waals surface area contributed by atoms with Crippen LogP contribution in [0.4, 0.5) is 10.5 Å². The van der Waals surface area contributed by atoms with E-state index in [1.54, 1.807) is 4.90 Å². The lowest BCUT2D eigenvalue weighted by Crippen LogP contribution is -2.57. The van der Waals surface area contributed by atoms with E-state index in [9.17, 15) is 9.59 Å². The molecule has 1 saturated heterocycles. The predicted molar refractivity (Wildman–Crippen MR) is 77.1 cm³/mol. The minimum Gasteiger partial charge on any atom is -0.480 e. The lowest BCUT2D eigenvalue weighted by Gasteiger charge is -2.42. The molecule has 1 aliphatic rings. The highest BCUT2D eigenvalue weighted by molar-refractivity contribution is 5.89. The Morgan fingerprint density at radius 3 is 2.57 bits per heavy atom. The van der Waals surface area contributed by atoms with Gasteiger partial charge in [0, 0.05) is 31.4 Å². The molecule has 0 bridgehead atoms. The van der Waals surface area contributed by atoms with E-state index < -0.39 is 5.97 Å². The third-order valence-electron chi connectivity index (χ3n) is 3.83. The number of aliphatic carboxylic acids is 1. The van der Waals surface area contributed by atoms with Crippen LogP contribution in [-0.4, -0.2) is 68.9 Å². The van der Waals surface area contributed by atoms with E-state index in [0.29, 0.717) is 30.9 Å². The molecule has 0 aliphatic carbocycles. The zero-order chi connectivity index (χ0) is 15.6. The number of piperazine rings is 1. The number of carbonyl (C=O) groups excluding carboxylic acids is 1. The van der Waals surface area contributed by atoms with Crippen LogP contribution in [0.2, 0.25) is 0 Å². The topological polar surface area (TPSA) is 90.7 Å². The van der Waals surface area contributed by atoms with Crippen LogP contribution in [-0.2, 0) is 11.3 Å². The summed E-state index contributed by atoms with van der Waals surface area (Å²) in [6.45, 7) is 5.27. The smallest absolute Gasteiger partial charge is 0.325 e. The van der Waals surface area contributed by atoms with Crippen LogP contribution < -0.4 is 5.32 Å². The predicted octanol–water partition coefficient (Wildman–Crippen LogP) is 0.524. The van der Waals surface area contributed by atoms with Crippen molar-refractivity contribution < 1.29 is 14.7 Å². The number of rotatable bonds is 3. The Morgan fingerprint density at radius 1 is 1.38 bits per heavy atom. The van der Waals surface area contributed by atoms with Crippen LogP contribution in [0.1, 0.15) is 13.8 Å². The molecule has 1 aliphatic heterocycles. The molecule has 0 aromatic carbocycles. The first-order valence-corrected chi connectivity index (χ1v) is 6.89. The van der Waals surface area contributed by atoms with Crippen molar-refractivity contribution in [3.63, 3.8) is 0 Å². The number of anilines is 1. The second-order valence-corrected chi connectivity index (χ2v) is 5.52. The molecule has 2 unspecified atom stereocenters. The molecule has 0 spiro atoms. The average molecular weight is 295 g/mol. The molecule has 2 amide bonds. The van der Waals surface area contributed by atoms with Crippen LogP contribution in [0.5, 0.6) is 0 Å². The van der Waals surface area contributed by atoms with Gasteiger partial charge in [0.2, 0.25) is 0 Å². The third kappa shape index (κ3) is 3.72. The van der Waals surface area contributed by atoms with Gasteiger partial charge >= 0.3 is 12.0 Å². The molecule has 1 aromatic heterocycles. The Morgan fingerprint density at radius 2 is 2.00 bits per heavy atom. The maximum atomic E-state index is 12.2. The minimum atomic E-state index is -0.974. The molecular weight excluding hydrogens is 274 g/mol. The molecule has 0 saturated carbocycles. The number of carboxylic acid groups (broad SMARTS) is 1. The summed E-state index contributed by atoms with van der Waals surface area (Å²) in [6, 6.07) is 0.417. The highest BCUT2D eigenvalue weighted by Gasteiger charge is 2.29. The molecule has 116 valence electrons. The minimum absolute atomic E-state index is 0.184. The zero-order valence-electron chi connectivity index (χ0n) is 12.5. The van der Waals surface area contributed by atoms with Gasteiger partial charge < -0.3 is 15.3 Å². The highest BCUT2D eigenvalue weighted by Crippen LogP contribution is 2.15. The molecular formula is C13H21N5O3. The van der Waals surface area contributed by atoms with Gasteiger partial charge in [-0.3, -0.25) is 14.4 Å². The van der Waals surface area contributed by atoms with Crippen LogP contribution in [0.3, 0.4) is 0 Å². The van der Waals surface area contributed by atoms with Crippen LogP contribution >= 0.6 is 0 Å². The van der Waals surface area contributed by atoms with Crippen molar-refractivity contribution in [1.82, 2.24) is 19.6 Å². The number of carbonyl (C=O) groups is 2. The van der Waals surface area contributed by atoms with E-state index in [4.69, 9.17) is 5.11 Å². The standard InChI is InChI=1S/C13H21N5O3/c1-9-5-17(6-10(2)16(9)3)13(21)15-11-4-14-18(7-11)8-12(19)20/h4,7,9-10H,5-6,8H2,1-3H3,(H,15,21)(H,19,20). The van der Waals surface area contributed by atoms with Gasteiger partial charge in [0.05, 0.1) is 11.9 Å². The average Bonchev–Trinajstić information content (AvgIpc) is 2.81. The number of carboxylic acids is 1. The second kappa shape index (κ2) is 6.13. The van der Waals surface area contributed by atoms with Crippen molar-refractivity contribution in [3.05, 3.63) is 12.4 Å². The summed E-state index contributed by atoms with van der Waals surface area (Å²) in [5.41, 5.74) is 0.500. The summed E-state index contributed by atoms with van der Waals surface area (Å²) in [5, 5.41) is 15.3. The van der Waals surface area contributed by atoms with Gasteiger partial charge in [-0.05, 0) is 20.9 Å². The van der Waals surface area contributed by atoms with E-state index in [-0.39, 0.29) is 12.6 Å². The van der Waals surface area contributed by atoms with Crippen LogP contribution in [0.15, 0.2) is 12.4 Å². The van der Waals surface area contributed by atoms with Crippen LogP contribution in [0.25, 0.3) is 0 Å². The zero-order valence-corrected chi connectivity index (χ0v) is 12.5. The van der Waals surface area contributed by atoms with E-state index in [1.807, 2.05) is 0 Å². The monoisotopic (exact) mass is 295 g/mol. The summed E-state index contributed by atoms with van der Waals surface area (Å²) in [4.78, 5) is 26.8. The number of nitrogens with zero attached hydrogens (tertiary/aromatic N) is 4. The highest BCUT2D eigenvalue weighted by atomic mass is 16.4. The molecule has 0 radical (unpaired) electrons. The number of nitrogens with one attached hydrogen (secondary N) is 1. The van der Waals surface area contributed by atoms with Gasteiger partial charge in [-0.1, -0.05) is 0 Å². The Hall–Kier alpha value is -2.09. The molecule has 2 heterocycles. The fraction of sp³-hybridized carbons (Fsp3) is 0.615. The summed E-state index contributed by atoms with van der Waals surface area (Å²) < 4.78 is 1.27. The maximum absolute atomic E-state index is 12.2. The summed E-state index contributed by atoms with van der Waals surface area (Å²) in [5.74, 6) is -0.974. The summed E-state index contributed by atoms with van der Waals surface area (Å²) in [6.07, 6.45) is 2.96. The Labute approximate surface area is 123 Å². The number of amides is 2. The van der Waals surface area contributed by atoms with Gasteiger partial charge in [-0.2, -0.15) is 5.10 Å². The van der Waals surface area contributed by atoms with E-state index in [1.165, 1.54) is 17.1 Å². The Bertz CT molecular complexity index is 518. The largest absolute Gasteiger partial charge is 0.480 e. The molecule has 8 nitrogen and oxygen atoms in total. The molecule has 2 rings (SSSR count). The lowest BCUT2D eigenvalue weighted by molar-refractivity contribution is -0.137. The quantitative estimate of drug-likeness (QED) is 0.848. The molecule has 8 heteroatoms. The van der Waals surface area contributed by atoms with E-state index >= 15 is 0 Å². The number of hydrogen-bond acceptors (Lipinski definition) is 4. The third-order valence-corrected chi connectivity index (χ3v) is 3.83. The van der Waals surface area contributed by atoms with Gasteiger partial charge in [-0.15, -0.1) is 0 Å². The summed E-state index contributed by atoms with van der Waals surface area (Å²) >= 11 is 0. The SMILES string of the molecule is CC1CN(C(=O)Nc2cnn(CC(=O)O)c2)CC(C)N1C. The Balaban J connectivity index is 1.95. The summed E-state index contributed by atoms with van der Waals surface area (Å²) in [7, 11) is 2.06. The first kappa shape index (κ1) is 15.3. The van der Waals surface area contributed by atoms with Crippen LogP contribution in [0, 0.1) is 0 Å². The van der Waals surface area contributed by atoms with Gasteiger partial charge in [0.15, 0.2) is 0 Å². The maximum Gasteiger partial charge on any atom is 0.325 e. The Kier molecular flexibility index (Phi) is 4.46. The van der Waals surface area contributed by atoms with Crippen molar-refractivity contribution in [1.29, 1.82) is 0 Å². The van der Waals surface area contributed by atoms with Crippen molar-refractivity contribution in [2.45, 2.75) is 32.5 Å². The van der Waals surface area contributed by atoms with Crippen molar-refractivity contribution >= 4 is 17.7 Å². The van der Waals surface area contributed by atoms with Gasteiger partial charge in [0.25, 0.3) is 0 Å². The number of aromatic nitrogens is 2. The van der Waals surface area contributed by atoms with E-state index in [0.717, 1.165) is 0 Å². The normalized spacial score (nSPS) is 23.1. The second-order valence-electron chi connectivity index (χ2n) is 5.52. The first-order valence-electron chi connectivity index (χ1n) is 6.89.